The molecule has 2 aliphatic heterocycles. The number of hydrogen-bond donors (Lipinski definition) is 0. The van der Waals surface area contributed by atoms with Gasteiger partial charge in [-0.25, -0.2) is 13.7 Å². The van der Waals surface area contributed by atoms with Crippen molar-refractivity contribution in [2.45, 2.75) is 32.6 Å². The van der Waals surface area contributed by atoms with E-state index in [1.807, 2.05) is 11.8 Å². The maximum absolute atomic E-state index is 14.5. The number of rotatable bonds is 6. The molecule has 0 saturated carbocycles. The zero-order chi connectivity index (χ0) is 22.0. The minimum Gasteiger partial charge on any atom is -0.494 e. The Balaban J connectivity index is 1.76. The van der Waals surface area contributed by atoms with Crippen molar-refractivity contribution in [1.82, 2.24) is 4.90 Å². The molecule has 0 spiro atoms. The molecule has 5 nitrogen and oxygen atoms in total. The van der Waals surface area contributed by atoms with Crippen LogP contribution in [0.15, 0.2) is 48.2 Å². The molecule has 0 bridgehead atoms. The molecule has 0 N–H and O–H groups in total. The van der Waals surface area contributed by atoms with Gasteiger partial charge in [0.2, 0.25) is 0 Å². The van der Waals surface area contributed by atoms with Crippen molar-refractivity contribution < 1.29 is 23.1 Å². The predicted octanol–water partition coefficient (Wildman–Crippen LogP) is 4.52. The molecule has 0 atom stereocenters. The van der Waals surface area contributed by atoms with Crippen LogP contribution in [0.4, 0.5) is 14.5 Å². The standard InChI is InChI=1S/C24H24F2N2O3/c1-2-14-31-18-9-6-16(7-10-18)21-22(27-12-4-3-5-13-27)24(30)28(23(21)29)20-11-8-17(25)15-19(20)26/h6-11,15H,2-5,12-14H2,1H3. The number of likely N-dealkylation sites (tertiary alicyclic amines) is 1. The van der Waals surface area contributed by atoms with Crippen molar-refractivity contribution in [2.75, 3.05) is 24.6 Å². The second-order valence-corrected chi connectivity index (χ2v) is 7.69. The summed E-state index contributed by atoms with van der Waals surface area (Å²) in [5.74, 6) is -2.25. The molecular formula is C24H24F2N2O3. The second-order valence-electron chi connectivity index (χ2n) is 7.69. The summed E-state index contributed by atoms with van der Waals surface area (Å²) >= 11 is 0. The molecule has 4 rings (SSSR count). The third-order valence-electron chi connectivity index (χ3n) is 5.50. The van der Waals surface area contributed by atoms with Crippen LogP contribution in [-0.4, -0.2) is 36.4 Å². The lowest BCUT2D eigenvalue weighted by molar-refractivity contribution is -0.120. The lowest BCUT2D eigenvalue weighted by atomic mass is 10.0. The quantitative estimate of drug-likeness (QED) is 0.637. The van der Waals surface area contributed by atoms with E-state index in [2.05, 4.69) is 0 Å². The van der Waals surface area contributed by atoms with Gasteiger partial charge in [0.05, 0.1) is 17.9 Å². The van der Waals surface area contributed by atoms with E-state index in [9.17, 15) is 18.4 Å². The number of nitrogens with zero attached hydrogens (tertiary/aromatic N) is 2. The fraction of sp³-hybridized carbons (Fsp3) is 0.333. The van der Waals surface area contributed by atoms with Crippen LogP contribution in [0.3, 0.4) is 0 Å². The Bertz CT molecular complexity index is 1030. The van der Waals surface area contributed by atoms with Gasteiger partial charge in [0.1, 0.15) is 23.1 Å². The third kappa shape index (κ3) is 4.04. The van der Waals surface area contributed by atoms with Crippen LogP contribution in [0.2, 0.25) is 0 Å². The summed E-state index contributed by atoms with van der Waals surface area (Å²) in [6, 6.07) is 9.82. The molecule has 2 amide bonds. The average Bonchev–Trinajstić information content (AvgIpc) is 3.03. The molecule has 2 aliphatic rings. The van der Waals surface area contributed by atoms with Crippen molar-refractivity contribution in [3.8, 4) is 5.75 Å². The van der Waals surface area contributed by atoms with Crippen LogP contribution < -0.4 is 9.64 Å². The van der Waals surface area contributed by atoms with E-state index in [0.717, 1.165) is 42.7 Å². The maximum Gasteiger partial charge on any atom is 0.282 e. The van der Waals surface area contributed by atoms with Crippen LogP contribution >= 0.6 is 0 Å². The number of ether oxygens (including phenoxy) is 1. The van der Waals surface area contributed by atoms with Gasteiger partial charge in [0, 0.05) is 19.2 Å². The smallest absolute Gasteiger partial charge is 0.282 e. The number of benzene rings is 2. The van der Waals surface area contributed by atoms with Gasteiger partial charge in [0.25, 0.3) is 11.8 Å². The van der Waals surface area contributed by atoms with Gasteiger partial charge in [-0.05, 0) is 55.5 Å². The molecule has 0 radical (unpaired) electrons. The van der Waals surface area contributed by atoms with Crippen LogP contribution in [0.5, 0.6) is 5.75 Å². The number of carbonyl (C=O) groups excluding carboxylic acids is 2. The summed E-state index contributed by atoms with van der Waals surface area (Å²) in [7, 11) is 0. The molecular weight excluding hydrogens is 402 g/mol. The summed E-state index contributed by atoms with van der Waals surface area (Å²) in [5, 5.41) is 0. The van der Waals surface area contributed by atoms with Gasteiger partial charge in [-0.1, -0.05) is 19.1 Å². The molecule has 162 valence electrons. The van der Waals surface area contributed by atoms with Gasteiger partial charge in [-0.2, -0.15) is 0 Å². The van der Waals surface area contributed by atoms with Crippen LogP contribution in [0, 0.1) is 11.6 Å². The number of hydrogen-bond acceptors (Lipinski definition) is 4. The highest BCUT2D eigenvalue weighted by atomic mass is 19.1. The number of halogens is 2. The fourth-order valence-corrected chi connectivity index (χ4v) is 4.01. The molecule has 2 aromatic carbocycles. The monoisotopic (exact) mass is 426 g/mol. The first-order chi connectivity index (χ1) is 15.0. The van der Waals surface area contributed by atoms with Crippen molar-refractivity contribution in [1.29, 1.82) is 0 Å². The Kier molecular flexibility index (Phi) is 6.02. The highest BCUT2D eigenvalue weighted by Crippen LogP contribution is 2.37. The Labute approximate surface area is 179 Å². The molecule has 7 heteroatoms. The van der Waals surface area contributed by atoms with E-state index in [-0.39, 0.29) is 17.0 Å². The summed E-state index contributed by atoms with van der Waals surface area (Å²) in [6.07, 6.45) is 3.75. The molecule has 2 heterocycles. The Morgan fingerprint density at radius 1 is 0.935 bits per heavy atom. The Morgan fingerprint density at radius 3 is 2.29 bits per heavy atom. The van der Waals surface area contributed by atoms with E-state index >= 15 is 0 Å². The molecule has 1 saturated heterocycles. The number of imide groups is 1. The lowest BCUT2D eigenvalue weighted by Gasteiger charge is -2.29. The van der Waals surface area contributed by atoms with Crippen molar-refractivity contribution in [3.05, 3.63) is 65.4 Å². The average molecular weight is 426 g/mol. The molecule has 0 aromatic heterocycles. The summed E-state index contributed by atoms with van der Waals surface area (Å²) < 4.78 is 33.5. The Hall–Kier alpha value is -3.22. The number of anilines is 1. The number of carbonyl (C=O) groups is 2. The number of piperidine rings is 1. The second kappa shape index (κ2) is 8.88. The van der Waals surface area contributed by atoms with Gasteiger partial charge < -0.3 is 9.64 Å². The fourth-order valence-electron chi connectivity index (χ4n) is 4.01. The first kappa shape index (κ1) is 21.0. The van der Waals surface area contributed by atoms with Crippen LogP contribution in [0.1, 0.15) is 38.2 Å². The van der Waals surface area contributed by atoms with E-state index in [0.29, 0.717) is 37.1 Å². The van der Waals surface area contributed by atoms with Crippen molar-refractivity contribution in [3.63, 3.8) is 0 Å². The maximum atomic E-state index is 14.5. The van der Waals surface area contributed by atoms with Gasteiger partial charge in [-0.15, -0.1) is 0 Å². The molecule has 0 unspecified atom stereocenters. The van der Waals surface area contributed by atoms with Crippen LogP contribution in [0.25, 0.3) is 5.57 Å². The minimum atomic E-state index is -0.954. The van der Waals surface area contributed by atoms with Crippen molar-refractivity contribution >= 4 is 23.1 Å². The Morgan fingerprint density at radius 2 is 1.65 bits per heavy atom. The molecule has 2 aromatic rings. The highest BCUT2D eigenvalue weighted by Gasteiger charge is 2.43. The molecule has 0 aliphatic carbocycles. The van der Waals surface area contributed by atoms with Gasteiger partial charge >= 0.3 is 0 Å². The topological polar surface area (TPSA) is 49.9 Å². The number of amides is 2. The molecule has 1 fully saturated rings. The van der Waals surface area contributed by atoms with E-state index in [1.54, 1.807) is 24.3 Å². The SMILES string of the molecule is CCCOc1ccc(C2=C(N3CCCCC3)C(=O)N(c3ccc(F)cc3F)C2=O)cc1. The largest absolute Gasteiger partial charge is 0.494 e. The first-order valence-corrected chi connectivity index (χ1v) is 10.6. The van der Waals surface area contributed by atoms with E-state index in [4.69, 9.17) is 4.74 Å². The normalized spacial score (nSPS) is 17.0. The third-order valence-corrected chi connectivity index (χ3v) is 5.50. The van der Waals surface area contributed by atoms with Gasteiger partial charge in [-0.3, -0.25) is 9.59 Å². The van der Waals surface area contributed by atoms with E-state index < -0.39 is 23.4 Å². The van der Waals surface area contributed by atoms with E-state index in [1.165, 1.54) is 0 Å². The lowest BCUT2D eigenvalue weighted by Crippen LogP contribution is -2.37. The van der Waals surface area contributed by atoms with Crippen molar-refractivity contribution in [2.24, 2.45) is 0 Å². The highest BCUT2D eigenvalue weighted by molar-refractivity contribution is 6.45. The first-order valence-electron chi connectivity index (χ1n) is 10.6. The van der Waals surface area contributed by atoms with Crippen LogP contribution in [-0.2, 0) is 9.59 Å². The molecule has 31 heavy (non-hydrogen) atoms. The van der Waals surface area contributed by atoms with Gasteiger partial charge in [0.15, 0.2) is 0 Å². The summed E-state index contributed by atoms with van der Waals surface area (Å²) in [5.41, 5.74) is 0.824. The predicted molar refractivity (Wildman–Crippen MR) is 113 cm³/mol. The minimum absolute atomic E-state index is 0.234. The summed E-state index contributed by atoms with van der Waals surface area (Å²) in [4.78, 5) is 29.5. The summed E-state index contributed by atoms with van der Waals surface area (Å²) in [6.45, 7) is 3.89. The zero-order valence-corrected chi connectivity index (χ0v) is 17.4. The zero-order valence-electron chi connectivity index (χ0n) is 17.4.